The highest BCUT2D eigenvalue weighted by molar-refractivity contribution is 5.97. The second kappa shape index (κ2) is 10.3. The molecule has 176 valence electrons. The normalized spacial score (nSPS) is 11.8. The number of carbonyl (C=O) groups is 3. The van der Waals surface area contributed by atoms with Crippen molar-refractivity contribution in [2.75, 3.05) is 6.54 Å². The summed E-state index contributed by atoms with van der Waals surface area (Å²) in [6, 6.07) is 6.84. The minimum absolute atomic E-state index is 0.138. The minimum atomic E-state index is -4.79. The number of aliphatic imine (C=N–C) groups is 1. The Morgan fingerprint density at radius 1 is 1.09 bits per heavy atom. The maximum absolute atomic E-state index is 13.1. The van der Waals surface area contributed by atoms with Gasteiger partial charge in [-0.05, 0) is 24.3 Å². The van der Waals surface area contributed by atoms with Crippen molar-refractivity contribution in [1.29, 1.82) is 0 Å². The van der Waals surface area contributed by atoms with Crippen LogP contribution < -0.4 is 22.1 Å². The predicted octanol–water partition coefficient (Wildman–Crippen LogP) is 1.38. The van der Waals surface area contributed by atoms with Crippen LogP contribution in [-0.4, -0.2) is 40.5 Å². The number of aliphatic carboxylic acids is 1. The second-order valence-corrected chi connectivity index (χ2v) is 6.76. The van der Waals surface area contributed by atoms with Gasteiger partial charge in [0.05, 0.1) is 30.3 Å². The van der Waals surface area contributed by atoms with E-state index in [1.54, 1.807) is 0 Å². The number of alkyl halides is 3. The Hall–Kier alpha value is -4.29. The number of rotatable bonds is 8. The maximum atomic E-state index is 13.1. The van der Waals surface area contributed by atoms with Gasteiger partial charge in [0.25, 0.3) is 5.91 Å². The molecule has 2 aromatic carbocycles. The Labute approximate surface area is 185 Å². The Balaban J connectivity index is 2.16. The summed E-state index contributed by atoms with van der Waals surface area (Å²) in [7, 11) is 0. The number of nitrogens with two attached hydrogens (primary N) is 2. The third-order valence-corrected chi connectivity index (χ3v) is 4.20. The largest absolute Gasteiger partial charge is 0.508 e. The van der Waals surface area contributed by atoms with Crippen LogP contribution in [0.1, 0.15) is 33.9 Å². The molecule has 8 N–H and O–H groups in total. The lowest BCUT2D eigenvalue weighted by Gasteiger charge is -2.18. The van der Waals surface area contributed by atoms with Crippen LogP contribution in [0.25, 0.3) is 0 Å². The first kappa shape index (κ1) is 25.0. The second-order valence-electron chi connectivity index (χ2n) is 6.76. The summed E-state index contributed by atoms with van der Waals surface area (Å²) < 4.78 is 39.4. The molecule has 2 aromatic rings. The number of benzene rings is 2. The summed E-state index contributed by atoms with van der Waals surface area (Å²) in [5, 5.41) is 23.5. The van der Waals surface area contributed by atoms with Crippen LogP contribution in [0.2, 0.25) is 0 Å². The van der Waals surface area contributed by atoms with Crippen LogP contribution in [0.5, 0.6) is 5.75 Å². The molecule has 0 aliphatic rings. The highest BCUT2D eigenvalue weighted by atomic mass is 19.4. The minimum Gasteiger partial charge on any atom is -0.508 e. The van der Waals surface area contributed by atoms with Crippen molar-refractivity contribution in [3.63, 3.8) is 0 Å². The molecule has 0 fully saturated rings. The van der Waals surface area contributed by atoms with Gasteiger partial charge < -0.3 is 32.3 Å². The predicted molar refractivity (Wildman–Crippen MR) is 110 cm³/mol. The summed E-state index contributed by atoms with van der Waals surface area (Å²) in [6.07, 6.45) is -5.35. The monoisotopic (exact) mass is 467 g/mol. The number of phenols is 1. The van der Waals surface area contributed by atoms with Crippen LogP contribution >= 0.6 is 0 Å². The average Bonchev–Trinajstić information content (AvgIpc) is 2.70. The summed E-state index contributed by atoms with van der Waals surface area (Å²) >= 11 is 0. The van der Waals surface area contributed by atoms with Gasteiger partial charge in [-0.2, -0.15) is 13.2 Å². The summed E-state index contributed by atoms with van der Waals surface area (Å²) in [4.78, 5) is 39.2. The fourth-order valence-corrected chi connectivity index (χ4v) is 2.82. The molecule has 0 radical (unpaired) electrons. The zero-order valence-electron chi connectivity index (χ0n) is 16.9. The quantitative estimate of drug-likeness (QED) is 0.250. The molecular weight excluding hydrogens is 447 g/mol. The van der Waals surface area contributed by atoms with Gasteiger partial charge in [-0.3, -0.25) is 14.4 Å². The number of carboxylic acid groups (broad SMARTS) is 1. The molecule has 10 nitrogen and oxygen atoms in total. The van der Waals surface area contributed by atoms with E-state index in [9.17, 15) is 32.7 Å². The van der Waals surface area contributed by atoms with Crippen LogP contribution in [-0.2, 0) is 15.8 Å². The SMILES string of the molecule is NC(N)=Nc1cc(C(=O)NCC(=O)NC(CC(=O)O)c2ccccc2O)cc(C(F)(F)F)c1. The van der Waals surface area contributed by atoms with Crippen LogP contribution in [0.15, 0.2) is 47.5 Å². The number of amides is 2. The fourth-order valence-electron chi connectivity index (χ4n) is 2.82. The number of hydrogen-bond acceptors (Lipinski definition) is 5. The van der Waals surface area contributed by atoms with E-state index < -0.39 is 60.1 Å². The lowest BCUT2D eigenvalue weighted by atomic mass is 10.0. The van der Waals surface area contributed by atoms with Crippen LogP contribution in [0, 0.1) is 0 Å². The molecule has 2 amide bonds. The van der Waals surface area contributed by atoms with Gasteiger partial charge in [-0.25, -0.2) is 4.99 Å². The number of carbonyl (C=O) groups excluding carboxylic acids is 2. The molecule has 0 bridgehead atoms. The lowest BCUT2D eigenvalue weighted by molar-refractivity contribution is -0.138. The highest BCUT2D eigenvalue weighted by Gasteiger charge is 2.32. The molecular formula is C20H20F3N5O5. The van der Waals surface area contributed by atoms with Gasteiger partial charge in [0.15, 0.2) is 5.96 Å². The molecule has 0 saturated carbocycles. The van der Waals surface area contributed by atoms with E-state index in [4.69, 9.17) is 16.6 Å². The average molecular weight is 467 g/mol. The van der Waals surface area contributed by atoms with Crippen LogP contribution in [0.4, 0.5) is 18.9 Å². The maximum Gasteiger partial charge on any atom is 0.416 e. The topological polar surface area (TPSA) is 180 Å². The Bertz CT molecular complexity index is 1080. The number of nitrogens with zero attached hydrogens (tertiary/aromatic N) is 1. The van der Waals surface area contributed by atoms with E-state index >= 15 is 0 Å². The molecule has 0 spiro atoms. The number of carboxylic acids is 1. The summed E-state index contributed by atoms with van der Waals surface area (Å²) in [5.41, 5.74) is 8.54. The van der Waals surface area contributed by atoms with Gasteiger partial charge in [0, 0.05) is 11.1 Å². The van der Waals surface area contributed by atoms with Gasteiger partial charge >= 0.3 is 12.1 Å². The van der Waals surface area contributed by atoms with E-state index in [1.807, 2.05) is 0 Å². The van der Waals surface area contributed by atoms with Crippen LogP contribution in [0.3, 0.4) is 0 Å². The van der Waals surface area contributed by atoms with Crippen molar-refractivity contribution in [3.05, 3.63) is 59.2 Å². The first-order valence-corrected chi connectivity index (χ1v) is 9.26. The van der Waals surface area contributed by atoms with Crippen molar-refractivity contribution in [3.8, 4) is 5.75 Å². The molecule has 13 heteroatoms. The van der Waals surface area contributed by atoms with E-state index in [1.165, 1.54) is 24.3 Å². The van der Waals surface area contributed by atoms with Crippen molar-refractivity contribution < 1.29 is 37.8 Å². The zero-order valence-corrected chi connectivity index (χ0v) is 16.9. The summed E-state index contributed by atoms with van der Waals surface area (Å²) in [5.74, 6) is -3.89. The zero-order chi connectivity index (χ0) is 24.8. The van der Waals surface area contributed by atoms with Crippen molar-refractivity contribution in [2.45, 2.75) is 18.6 Å². The third-order valence-electron chi connectivity index (χ3n) is 4.20. The van der Waals surface area contributed by atoms with Gasteiger partial charge in [0.1, 0.15) is 5.75 Å². The number of para-hydroxylation sites is 1. The molecule has 33 heavy (non-hydrogen) atoms. The summed E-state index contributed by atoms with van der Waals surface area (Å²) in [6.45, 7) is -0.684. The molecule has 0 aliphatic carbocycles. The smallest absolute Gasteiger partial charge is 0.416 e. The highest BCUT2D eigenvalue weighted by Crippen LogP contribution is 2.33. The molecule has 0 saturated heterocycles. The Kier molecular flexibility index (Phi) is 7.83. The molecule has 1 unspecified atom stereocenters. The molecule has 0 aliphatic heterocycles. The van der Waals surface area contributed by atoms with Crippen molar-refractivity contribution >= 4 is 29.4 Å². The van der Waals surface area contributed by atoms with Crippen molar-refractivity contribution in [2.24, 2.45) is 16.5 Å². The number of phenolic OH excluding ortho intramolecular Hbond substituents is 1. The standard InChI is InChI=1S/C20H20F3N5O5/c21-20(22,23)11-5-10(6-12(7-11)27-19(24)25)18(33)26-9-16(30)28-14(8-17(31)32)13-3-1-2-4-15(13)29/h1-7,14,29H,8-9H2,(H,26,33)(H,28,30)(H,31,32)(H4,24,25,27). The van der Waals surface area contributed by atoms with Crippen molar-refractivity contribution in [1.82, 2.24) is 10.6 Å². The van der Waals surface area contributed by atoms with Gasteiger partial charge in [-0.15, -0.1) is 0 Å². The first-order chi connectivity index (χ1) is 15.4. The number of guanidine groups is 1. The Morgan fingerprint density at radius 3 is 2.33 bits per heavy atom. The van der Waals surface area contributed by atoms with Gasteiger partial charge in [0.2, 0.25) is 5.91 Å². The van der Waals surface area contributed by atoms with Gasteiger partial charge in [-0.1, -0.05) is 18.2 Å². The molecule has 0 aromatic heterocycles. The fraction of sp³-hybridized carbons (Fsp3) is 0.200. The number of halogens is 3. The van der Waals surface area contributed by atoms with E-state index in [-0.39, 0.29) is 17.0 Å². The van der Waals surface area contributed by atoms with E-state index in [2.05, 4.69) is 15.6 Å². The Morgan fingerprint density at radius 2 is 1.76 bits per heavy atom. The number of nitrogens with one attached hydrogen (secondary N) is 2. The molecule has 0 heterocycles. The molecule has 2 rings (SSSR count). The lowest BCUT2D eigenvalue weighted by Crippen LogP contribution is -2.39. The van der Waals surface area contributed by atoms with E-state index in [0.29, 0.717) is 12.1 Å². The number of hydrogen-bond donors (Lipinski definition) is 6. The number of aromatic hydroxyl groups is 1. The first-order valence-electron chi connectivity index (χ1n) is 9.26. The van der Waals surface area contributed by atoms with E-state index in [0.717, 1.165) is 6.07 Å². The molecule has 1 atom stereocenters. The third kappa shape index (κ3) is 7.41.